The lowest BCUT2D eigenvalue weighted by Gasteiger charge is -2.36. The number of methoxy groups -OCH3 is 2. The van der Waals surface area contributed by atoms with Crippen LogP contribution in [0.3, 0.4) is 0 Å². The minimum atomic E-state index is -0.987. The maximum atomic E-state index is 13.3. The van der Waals surface area contributed by atoms with Crippen molar-refractivity contribution in [2.45, 2.75) is 5.92 Å². The number of hydrogen-bond acceptors (Lipinski definition) is 9. The summed E-state index contributed by atoms with van der Waals surface area (Å²) in [5.41, 5.74) is 7.49. The molecule has 0 radical (unpaired) electrons. The molecule has 2 N–H and O–H groups in total. The van der Waals surface area contributed by atoms with Crippen LogP contribution in [0.4, 0.5) is 5.69 Å². The summed E-state index contributed by atoms with van der Waals surface area (Å²) in [5.74, 6) is -2.17. The summed E-state index contributed by atoms with van der Waals surface area (Å²) in [6, 6.07) is 26.0. The first-order valence-corrected chi connectivity index (χ1v) is 11.4. The van der Waals surface area contributed by atoms with E-state index in [0.717, 1.165) is 0 Å². The molecule has 1 aliphatic rings. The summed E-state index contributed by atoms with van der Waals surface area (Å²) < 4.78 is 16.2. The Labute approximate surface area is 219 Å². The summed E-state index contributed by atoms with van der Waals surface area (Å²) >= 11 is 0. The van der Waals surface area contributed by atoms with E-state index in [1.54, 1.807) is 78.9 Å². The highest BCUT2D eigenvalue weighted by Gasteiger charge is 2.43. The SMILES string of the molecule is COC(=O)C1=C(C(=O)OC)N(c2ccccc2Oc2cccc(C#N)c2)C(N)=C(C#N)C1c1ccccc1. The number of carbonyl (C=O) groups is 2. The molecular formula is C29H22N4O5. The number of rotatable bonds is 6. The fourth-order valence-corrected chi connectivity index (χ4v) is 4.25. The van der Waals surface area contributed by atoms with Gasteiger partial charge in [0.15, 0.2) is 5.75 Å². The molecule has 188 valence electrons. The van der Waals surface area contributed by atoms with Crippen LogP contribution in [0.15, 0.2) is 102 Å². The molecule has 0 bridgehead atoms. The van der Waals surface area contributed by atoms with Crippen LogP contribution >= 0.6 is 0 Å². The summed E-state index contributed by atoms with van der Waals surface area (Å²) in [7, 11) is 2.36. The number of nitriles is 2. The highest BCUT2D eigenvalue weighted by Crippen LogP contribution is 2.45. The van der Waals surface area contributed by atoms with E-state index in [9.17, 15) is 20.1 Å². The molecule has 4 rings (SSSR count). The van der Waals surface area contributed by atoms with Crippen LogP contribution in [0.5, 0.6) is 11.5 Å². The molecule has 0 aliphatic carbocycles. The molecule has 0 aromatic heterocycles. The molecule has 3 aromatic carbocycles. The largest absolute Gasteiger partial charge is 0.466 e. The van der Waals surface area contributed by atoms with Crippen LogP contribution in [-0.2, 0) is 19.1 Å². The predicted octanol–water partition coefficient (Wildman–Crippen LogP) is 4.25. The molecule has 1 atom stereocenters. The standard InChI is InChI=1S/C29H22N4O5/c1-36-28(34)25-24(19-10-4-3-5-11-19)21(17-31)27(32)33(26(25)29(35)37-2)22-13-6-7-14-23(22)38-20-12-8-9-18(15-20)16-30/h3-15,24H,32H2,1-2H3. The van der Waals surface area contributed by atoms with Gasteiger partial charge in [-0.05, 0) is 35.9 Å². The van der Waals surface area contributed by atoms with E-state index in [1.165, 1.54) is 19.1 Å². The first kappa shape index (κ1) is 25.5. The van der Waals surface area contributed by atoms with Crippen molar-refractivity contribution in [1.29, 1.82) is 10.5 Å². The monoisotopic (exact) mass is 506 g/mol. The number of para-hydroxylation sites is 2. The van der Waals surface area contributed by atoms with Gasteiger partial charge in [-0.2, -0.15) is 10.5 Å². The Hall–Kier alpha value is -5.54. The second-order valence-electron chi connectivity index (χ2n) is 8.04. The smallest absolute Gasteiger partial charge is 0.355 e. The topological polar surface area (TPSA) is 139 Å². The fraction of sp³-hybridized carbons (Fsp3) is 0.103. The molecule has 0 saturated carbocycles. The number of anilines is 1. The molecule has 1 heterocycles. The van der Waals surface area contributed by atoms with Crippen molar-refractivity contribution in [2.24, 2.45) is 5.73 Å². The van der Waals surface area contributed by atoms with Crippen LogP contribution in [0.1, 0.15) is 17.0 Å². The Morgan fingerprint density at radius 3 is 2.21 bits per heavy atom. The van der Waals surface area contributed by atoms with Crippen molar-refractivity contribution in [1.82, 2.24) is 0 Å². The van der Waals surface area contributed by atoms with Gasteiger partial charge in [-0.15, -0.1) is 0 Å². The normalized spacial score (nSPS) is 14.8. The number of carbonyl (C=O) groups excluding carboxylic acids is 2. The number of allylic oxidation sites excluding steroid dienone is 1. The zero-order valence-corrected chi connectivity index (χ0v) is 20.5. The van der Waals surface area contributed by atoms with E-state index in [0.29, 0.717) is 16.9 Å². The van der Waals surface area contributed by atoms with E-state index < -0.39 is 17.9 Å². The molecule has 1 aliphatic heterocycles. The molecule has 3 aromatic rings. The van der Waals surface area contributed by atoms with Crippen molar-refractivity contribution in [3.05, 3.63) is 113 Å². The van der Waals surface area contributed by atoms with Gasteiger partial charge in [0.05, 0.1) is 54.7 Å². The molecular weight excluding hydrogens is 484 g/mol. The summed E-state index contributed by atoms with van der Waals surface area (Å²) in [6.07, 6.45) is 0. The van der Waals surface area contributed by atoms with E-state index in [4.69, 9.17) is 19.9 Å². The Balaban J connectivity index is 2.00. The van der Waals surface area contributed by atoms with Gasteiger partial charge in [0.1, 0.15) is 17.3 Å². The molecule has 9 heteroatoms. The van der Waals surface area contributed by atoms with E-state index in [1.807, 2.05) is 0 Å². The van der Waals surface area contributed by atoms with E-state index in [2.05, 4.69) is 12.1 Å². The van der Waals surface area contributed by atoms with Gasteiger partial charge in [-0.3, -0.25) is 4.90 Å². The molecule has 0 saturated heterocycles. The highest BCUT2D eigenvalue weighted by molar-refractivity contribution is 6.06. The zero-order chi connectivity index (χ0) is 27.2. The lowest BCUT2D eigenvalue weighted by molar-refractivity contribution is -0.139. The first-order chi connectivity index (χ1) is 18.4. The zero-order valence-electron chi connectivity index (χ0n) is 20.5. The predicted molar refractivity (Wildman–Crippen MR) is 137 cm³/mol. The maximum absolute atomic E-state index is 13.3. The van der Waals surface area contributed by atoms with Crippen LogP contribution in [-0.4, -0.2) is 26.2 Å². The summed E-state index contributed by atoms with van der Waals surface area (Å²) in [4.78, 5) is 27.8. The van der Waals surface area contributed by atoms with Gasteiger partial charge >= 0.3 is 11.9 Å². The second-order valence-corrected chi connectivity index (χ2v) is 8.04. The van der Waals surface area contributed by atoms with Crippen LogP contribution in [0.25, 0.3) is 0 Å². The van der Waals surface area contributed by atoms with Gasteiger partial charge in [-0.25, -0.2) is 9.59 Å². The molecule has 0 amide bonds. The number of benzene rings is 3. The lowest BCUT2D eigenvalue weighted by atomic mass is 9.81. The van der Waals surface area contributed by atoms with Crippen molar-refractivity contribution >= 4 is 17.6 Å². The fourth-order valence-electron chi connectivity index (χ4n) is 4.25. The van der Waals surface area contributed by atoms with Crippen molar-refractivity contribution in [3.63, 3.8) is 0 Å². The number of hydrogen-bond donors (Lipinski definition) is 1. The molecule has 9 nitrogen and oxygen atoms in total. The van der Waals surface area contributed by atoms with Gasteiger partial charge in [0.25, 0.3) is 0 Å². The summed E-state index contributed by atoms with van der Waals surface area (Å²) in [6.45, 7) is 0. The van der Waals surface area contributed by atoms with Gasteiger partial charge in [0.2, 0.25) is 0 Å². The quantitative estimate of drug-likeness (QED) is 0.486. The minimum Gasteiger partial charge on any atom is -0.466 e. The van der Waals surface area contributed by atoms with Crippen LogP contribution < -0.4 is 15.4 Å². The Kier molecular flexibility index (Phi) is 7.41. The van der Waals surface area contributed by atoms with Crippen LogP contribution in [0.2, 0.25) is 0 Å². The average Bonchev–Trinajstić information content (AvgIpc) is 2.96. The van der Waals surface area contributed by atoms with E-state index >= 15 is 0 Å². The molecule has 0 spiro atoms. The third-order valence-electron chi connectivity index (χ3n) is 5.91. The Morgan fingerprint density at radius 1 is 0.868 bits per heavy atom. The number of esters is 2. The summed E-state index contributed by atoms with van der Waals surface area (Å²) in [5, 5.41) is 19.5. The molecule has 0 fully saturated rings. The third-order valence-corrected chi connectivity index (χ3v) is 5.91. The number of nitrogens with zero attached hydrogens (tertiary/aromatic N) is 3. The van der Waals surface area contributed by atoms with Gasteiger partial charge in [-0.1, -0.05) is 48.5 Å². The Bertz CT molecular complexity index is 1550. The van der Waals surface area contributed by atoms with Crippen molar-refractivity contribution in [2.75, 3.05) is 19.1 Å². The van der Waals surface area contributed by atoms with E-state index in [-0.39, 0.29) is 34.1 Å². The first-order valence-electron chi connectivity index (χ1n) is 11.4. The minimum absolute atomic E-state index is 0.0329. The number of nitrogens with two attached hydrogens (primary N) is 1. The average molecular weight is 507 g/mol. The van der Waals surface area contributed by atoms with Crippen LogP contribution in [0, 0.1) is 22.7 Å². The maximum Gasteiger partial charge on any atom is 0.355 e. The Morgan fingerprint density at radius 2 is 1.55 bits per heavy atom. The second kappa shape index (κ2) is 11.0. The van der Waals surface area contributed by atoms with Gasteiger partial charge < -0.3 is 19.9 Å². The van der Waals surface area contributed by atoms with Crippen molar-refractivity contribution < 1.29 is 23.8 Å². The lowest BCUT2D eigenvalue weighted by Crippen LogP contribution is -2.40. The molecule has 1 unspecified atom stereocenters. The third kappa shape index (κ3) is 4.64. The van der Waals surface area contributed by atoms with Crippen molar-refractivity contribution in [3.8, 4) is 23.6 Å². The molecule has 38 heavy (non-hydrogen) atoms. The van der Waals surface area contributed by atoms with Gasteiger partial charge in [0, 0.05) is 0 Å². The number of ether oxygens (including phenoxy) is 3. The highest BCUT2D eigenvalue weighted by atomic mass is 16.5.